The van der Waals surface area contributed by atoms with Gasteiger partial charge in [-0.3, -0.25) is 4.98 Å². The molecule has 4 heteroatoms. The van der Waals surface area contributed by atoms with Crippen LogP contribution >= 0.6 is 15.9 Å². The van der Waals surface area contributed by atoms with E-state index in [2.05, 4.69) is 26.2 Å². The number of pyridine rings is 1. The van der Waals surface area contributed by atoms with Gasteiger partial charge in [-0.2, -0.15) is 0 Å². The van der Waals surface area contributed by atoms with Gasteiger partial charge in [0.1, 0.15) is 5.75 Å². The molecule has 3 nitrogen and oxygen atoms in total. The summed E-state index contributed by atoms with van der Waals surface area (Å²) >= 11 is 3.45. The summed E-state index contributed by atoms with van der Waals surface area (Å²) in [5.41, 5.74) is 2.21. The molecule has 2 rings (SSSR count). The lowest BCUT2D eigenvalue weighted by Gasteiger charge is -2.09. The van der Waals surface area contributed by atoms with Crippen LogP contribution in [0.15, 0.2) is 47.2 Å². The van der Waals surface area contributed by atoms with Crippen molar-refractivity contribution < 1.29 is 4.74 Å². The number of anilines is 1. The smallest absolute Gasteiger partial charge is 0.122 e. The van der Waals surface area contributed by atoms with Crippen LogP contribution in [0.1, 0.15) is 5.56 Å². The summed E-state index contributed by atoms with van der Waals surface area (Å²) in [5, 5.41) is 3.34. The van der Waals surface area contributed by atoms with E-state index in [1.165, 1.54) is 5.56 Å². The third-order valence-corrected chi connectivity index (χ3v) is 2.81. The molecule has 0 aliphatic rings. The van der Waals surface area contributed by atoms with Gasteiger partial charge in [0.2, 0.25) is 0 Å². The number of ether oxygens (including phenoxy) is 1. The molecule has 0 radical (unpaired) electrons. The Bertz CT molecular complexity index is 488. The average molecular weight is 293 g/mol. The Labute approximate surface area is 109 Å². The Hall–Kier alpha value is -1.55. The van der Waals surface area contributed by atoms with Crippen LogP contribution in [0.3, 0.4) is 0 Å². The van der Waals surface area contributed by atoms with E-state index in [1.807, 2.05) is 30.3 Å². The maximum Gasteiger partial charge on any atom is 0.122 e. The molecule has 0 unspecified atom stereocenters. The SMILES string of the molecule is COc1cc(Br)cc(NCc2ccncc2)c1. The third-order valence-electron chi connectivity index (χ3n) is 2.35. The minimum atomic E-state index is 0.766. The molecule has 0 fully saturated rings. The highest BCUT2D eigenvalue weighted by Crippen LogP contribution is 2.24. The standard InChI is InChI=1S/C13H13BrN2O/c1-17-13-7-11(14)6-12(8-13)16-9-10-2-4-15-5-3-10/h2-8,16H,9H2,1H3. The van der Waals surface area contributed by atoms with Crippen LogP contribution in [0.2, 0.25) is 0 Å². The molecule has 0 aliphatic heterocycles. The molecule has 0 bridgehead atoms. The Balaban J connectivity index is 2.06. The van der Waals surface area contributed by atoms with E-state index < -0.39 is 0 Å². The second-order valence-corrected chi connectivity index (χ2v) is 4.50. The van der Waals surface area contributed by atoms with Crippen LogP contribution in [0.5, 0.6) is 5.75 Å². The van der Waals surface area contributed by atoms with E-state index in [1.54, 1.807) is 19.5 Å². The van der Waals surface area contributed by atoms with Gasteiger partial charge in [0, 0.05) is 35.2 Å². The summed E-state index contributed by atoms with van der Waals surface area (Å²) in [4.78, 5) is 3.99. The highest BCUT2D eigenvalue weighted by molar-refractivity contribution is 9.10. The maximum atomic E-state index is 5.21. The lowest BCUT2D eigenvalue weighted by molar-refractivity contribution is 0.414. The van der Waals surface area contributed by atoms with Crippen LogP contribution in [-0.4, -0.2) is 12.1 Å². The normalized spacial score (nSPS) is 10.0. The summed E-state index contributed by atoms with van der Waals surface area (Å²) in [6.07, 6.45) is 3.58. The van der Waals surface area contributed by atoms with E-state index in [0.717, 1.165) is 22.5 Å². The Kier molecular flexibility index (Phi) is 3.98. The number of methoxy groups -OCH3 is 1. The molecule has 0 spiro atoms. The van der Waals surface area contributed by atoms with Crippen molar-refractivity contribution in [1.29, 1.82) is 0 Å². The number of nitrogens with zero attached hydrogens (tertiary/aromatic N) is 1. The number of rotatable bonds is 4. The molecule has 0 amide bonds. The van der Waals surface area contributed by atoms with Gasteiger partial charge >= 0.3 is 0 Å². The molecule has 1 aromatic heterocycles. The van der Waals surface area contributed by atoms with Gasteiger partial charge in [-0.1, -0.05) is 15.9 Å². The molecular formula is C13H13BrN2O. The zero-order chi connectivity index (χ0) is 12.1. The summed E-state index contributed by atoms with van der Waals surface area (Å²) in [5.74, 6) is 0.830. The number of hydrogen-bond donors (Lipinski definition) is 1. The van der Waals surface area contributed by atoms with Crippen molar-refractivity contribution in [2.75, 3.05) is 12.4 Å². The van der Waals surface area contributed by atoms with E-state index in [4.69, 9.17) is 4.74 Å². The fraction of sp³-hybridized carbons (Fsp3) is 0.154. The molecular weight excluding hydrogens is 280 g/mol. The van der Waals surface area contributed by atoms with Crippen molar-refractivity contribution in [3.05, 3.63) is 52.8 Å². The zero-order valence-electron chi connectivity index (χ0n) is 9.48. The van der Waals surface area contributed by atoms with Crippen LogP contribution in [0.4, 0.5) is 5.69 Å². The largest absolute Gasteiger partial charge is 0.497 e. The van der Waals surface area contributed by atoms with Gasteiger partial charge < -0.3 is 10.1 Å². The molecule has 17 heavy (non-hydrogen) atoms. The van der Waals surface area contributed by atoms with Crippen molar-refractivity contribution in [3.8, 4) is 5.75 Å². The highest BCUT2D eigenvalue weighted by Gasteiger charge is 1.99. The molecule has 0 saturated carbocycles. The van der Waals surface area contributed by atoms with Crippen molar-refractivity contribution in [2.24, 2.45) is 0 Å². The van der Waals surface area contributed by atoms with Gasteiger partial charge in [-0.25, -0.2) is 0 Å². The summed E-state index contributed by atoms with van der Waals surface area (Å²) in [6.45, 7) is 0.766. The number of halogens is 1. The van der Waals surface area contributed by atoms with Gasteiger partial charge in [-0.05, 0) is 29.8 Å². The van der Waals surface area contributed by atoms with Crippen molar-refractivity contribution >= 4 is 21.6 Å². The van der Waals surface area contributed by atoms with Crippen LogP contribution in [0.25, 0.3) is 0 Å². The number of nitrogens with one attached hydrogen (secondary N) is 1. The fourth-order valence-electron chi connectivity index (χ4n) is 1.49. The molecule has 0 atom stereocenters. The second-order valence-electron chi connectivity index (χ2n) is 3.59. The summed E-state index contributed by atoms with van der Waals surface area (Å²) in [7, 11) is 1.66. The molecule has 1 aromatic carbocycles. The fourth-order valence-corrected chi connectivity index (χ4v) is 1.96. The average Bonchev–Trinajstić information content (AvgIpc) is 2.37. The highest BCUT2D eigenvalue weighted by atomic mass is 79.9. The third kappa shape index (κ3) is 3.46. The minimum absolute atomic E-state index is 0.766. The van der Waals surface area contributed by atoms with Gasteiger partial charge in [0.15, 0.2) is 0 Å². The van der Waals surface area contributed by atoms with Crippen LogP contribution in [0, 0.1) is 0 Å². The van der Waals surface area contributed by atoms with Crippen molar-refractivity contribution in [3.63, 3.8) is 0 Å². The Morgan fingerprint density at radius 2 is 2.00 bits per heavy atom. The lowest BCUT2D eigenvalue weighted by atomic mass is 10.2. The topological polar surface area (TPSA) is 34.1 Å². The molecule has 0 saturated heterocycles. The van der Waals surface area contributed by atoms with E-state index in [9.17, 15) is 0 Å². The Morgan fingerprint density at radius 3 is 2.71 bits per heavy atom. The quantitative estimate of drug-likeness (QED) is 0.937. The Morgan fingerprint density at radius 1 is 1.24 bits per heavy atom. The summed E-state index contributed by atoms with van der Waals surface area (Å²) in [6, 6.07) is 9.89. The van der Waals surface area contributed by atoms with E-state index in [-0.39, 0.29) is 0 Å². The van der Waals surface area contributed by atoms with Crippen LogP contribution in [-0.2, 0) is 6.54 Å². The first-order valence-corrected chi connectivity index (χ1v) is 6.04. The first-order valence-electron chi connectivity index (χ1n) is 5.25. The maximum absolute atomic E-state index is 5.21. The molecule has 2 aromatic rings. The molecule has 1 N–H and O–H groups in total. The van der Waals surface area contributed by atoms with Crippen molar-refractivity contribution in [1.82, 2.24) is 4.98 Å². The van der Waals surface area contributed by atoms with Gasteiger partial charge in [0.25, 0.3) is 0 Å². The zero-order valence-corrected chi connectivity index (χ0v) is 11.1. The van der Waals surface area contributed by atoms with Crippen molar-refractivity contribution in [2.45, 2.75) is 6.54 Å². The van der Waals surface area contributed by atoms with Gasteiger partial charge in [0.05, 0.1) is 7.11 Å². The second kappa shape index (κ2) is 5.68. The van der Waals surface area contributed by atoms with Crippen LogP contribution < -0.4 is 10.1 Å². The lowest BCUT2D eigenvalue weighted by Crippen LogP contribution is -1.99. The molecule has 0 aliphatic carbocycles. The predicted molar refractivity (Wildman–Crippen MR) is 72.3 cm³/mol. The monoisotopic (exact) mass is 292 g/mol. The number of aromatic nitrogens is 1. The summed E-state index contributed by atoms with van der Waals surface area (Å²) < 4.78 is 6.20. The number of benzene rings is 1. The van der Waals surface area contributed by atoms with E-state index >= 15 is 0 Å². The first kappa shape index (κ1) is 11.9. The van der Waals surface area contributed by atoms with E-state index in [0.29, 0.717) is 0 Å². The predicted octanol–water partition coefficient (Wildman–Crippen LogP) is 3.46. The van der Waals surface area contributed by atoms with Gasteiger partial charge in [-0.15, -0.1) is 0 Å². The number of hydrogen-bond acceptors (Lipinski definition) is 3. The first-order chi connectivity index (χ1) is 8.28. The minimum Gasteiger partial charge on any atom is -0.497 e. The molecule has 1 heterocycles. The molecule has 88 valence electrons.